The Bertz CT molecular complexity index is 444. The summed E-state index contributed by atoms with van der Waals surface area (Å²) in [5, 5.41) is -0.479. The topological polar surface area (TPSA) is 52.6 Å². The van der Waals surface area contributed by atoms with E-state index in [-0.39, 0.29) is 5.41 Å². The quantitative estimate of drug-likeness (QED) is 0.534. The van der Waals surface area contributed by atoms with E-state index in [1.807, 2.05) is 13.0 Å². The maximum absolute atomic E-state index is 12.4. The van der Waals surface area contributed by atoms with E-state index in [1.54, 1.807) is 6.92 Å². The van der Waals surface area contributed by atoms with Crippen molar-refractivity contribution in [3.05, 3.63) is 12.7 Å². The fraction of sp³-hybridized carbons (Fsp3) is 0.867. The Hall–Kier alpha value is -0.390. The van der Waals surface area contributed by atoms with E-state index in [0.29, 0.717) is 19.4 Å². The van der Waals surface area contributed by atoms with E-state index >= 15 is 0 Å². The lowest BCUT2D eigenvalue weighted by atomic mass is 9.77. The Balaban J connectivity index is 2.24. The zero-order valence-electron chi connectivity index (χ0n) is 12.6. The van der Waals surface area contributed by atoms with Gasteiger partial charge in [-0.3, -0.25) is 0 Å². The van der Waals surface area contributed by atoms with Crippen molar-refractivity contribution in [2.45, 2.75) is 69.8 Å². The number of allylic oxidation sites excluding steroid dienone is 1. The largest absolute Gasteiger partial charge is 0.348 e. The van der Waals surface area contributed by atoms with Crippen LogP contribution in [-0.4, -0.2) is 26.1 Å². The molecule has 2 fully saturated rings. The summed E-state index contributed by atoms with van der Waals surface area (Å²) >= 11 is 0. The van der Waals surface area contributed by atoms with Crippen molar-refractivity contribution in [2.75, 3.05) is 6.61 Å². The molecule has 0 aromatic heterocycles. The number of hydrogen-bond acceptors (Lipinski definition) is 4. The molecule has 0 aromatic carbocycles. The molecule has 0 bridgehead atoms. The van der Waals surface area contributed by atoms with Crippen molar-refractivity contribution >= 4 is 10.1 Å². The second-order valence-electron chi connectivity index (χ2n) is 6.15. The number of rotatable bonds is 7. The minimum atomic E-state index is -3.59. The summed E-state index contributed by atoms with van der Waals surface area (Å²) in [6, 6.07) is 0. The lowest BCUT2D eigenvalue weighted by Gasteiger charge is -2.38. The van der Waals surface area contributed by atoms with Gasteiger partial charge >= 0.3 is 0 Å². The van der Waals surface area contributed by atoms with Crippen molar-refractivity contribution < 1.29 is 17.3 Å². The summed E-state index contributed by atoms with van der Waals surface area (Å²) in [7, 11) is -3.59. The average molecular weight is 302 g/mol. The van der Waals surface area contributed by atoms with Crippen LogP contribution in [0.5, 0.6) is 0 Å². The smallest absolute Gasteiger partial charge is 0.272 e. The fourth-order valence-corrected chi connectivity index (χ4v) is 5.05. The Morgan fingerprint density at radius 2 is 2.15 bits per heavy atom. The molecule has 0 radical (unpaired) electrons. The molecule has 0 aromatic rings. The highest BCUT2D eigenvalue weighted by molar-refractivity contribution is 7.87. The van der Waals surface area contributed by atoms with Gasteiger partial charge in [-0.05, 0) is 39.0 Å². The first-order valence-corrected chi connectivity index (χ1v) is 9.08. The third-order valence-electron chi connectivity index (χ3n) is 4.86. The SMILES string of the molecule is C=CCC12CCCC1(OS(=O)(=O)C(C)CCC)OCC2. The molecule has 5 heteroatoms. The van der Waals surface area contributed by atoms with E-state index in [2.05, 4.69) is 6.58 Å². The molecule has 3 unspecified atom stereocenters. The van der Waals surface area contributed by atoms with Crippen LogP contribution in [0.4, 0.5) is 0 Å². The van der Waals surface area contributed by atoms with Gasteiger partial charge in [0.1, 0.15) is 0 Å². The lowest BCUT2D eigenvalue weighted by molar-refractivity contribution is -0.188. The monoisotopic (exact) mass is 302 g/mol. The average Bonchev–Trinajstić information content (AvgIpc) is 2.83. The Labute approximate surface area is 122 Å². The molecule has 0 N–H and O–H groups in total. The van der Waals surface area contributed by atoms with Gasteiger partial charge in [0.25, 0.3) is 10.1 Å². The van der Waals surface area contributed by atoms with Crippen LogP contribution in [0.1, 0.15) is 58.8 Å². The van der Waals surface area contributed by atoms with Gasteiger partial charge in [0.05, 0.1) is 11.9 Å². The highest BCUT2D eigenvalue weighted by atomic mass is 32.2. The summed E-state index contributed by atoms with van der Waals surface area (Å²) in [5.74, 6) is -0.942. The van der Waals surface area contributed by atoms with Crippen molar-refractivity contribution in [3.63, 3.8) is 0 Å². The molecule has 0 spiro atoms. The molecule has 4 nitrogen and oxygen atoms in total. The number of fused-ring (bicyclic) bond motifs is 1. The van der Waals surface area contributed by atoms with Crippen molar-refractivity contribution in [2.24, 2.45) is 5.41 Å². The summed E-state index contributed by atoms with van der Waals surface area (Å²) in [5.41, 5.74) is -0.201. The van der Waals surface area contributed by atoms with E-state index in [4.69, 9.17) is 8.92 Å². The molecule has 1 aliphatic carbocycles. The molecule has 2 aliphatic rings. The van der Waals surface area contributed by atoms with Gasteiger partial charge in [-0.25, -0.2) is 4.18 Å². The van der Waals surface area contributed by atoms with Gasteiger partial charge in [-0.15, -0.1) is 6.58 Å². The standard InChI is InChI=1S/C15H26O4S/c1-4-7-13(3)20(16,17)19-15-10-6-9-14(15,8-5-2)11-12-18-15/h5,13H,2,4,6-12H2,1,3H3. The number of ether oxygens (including phenoxy) is 1. The summed E-state index contributed by atoms with van der Waals surface area (Å²) in [4.78, 5) is 0. The first-order chi connectivity index (χ1) is 9.41. The maximum Gasteiger partial charge on any atom is 0.272 e. The second-order valence-corrected chi connectivity index (χ2v) is 8.11. The summed E-state index contributed by atoms with van der Waals surface area (Å²) < 4.78 is 36.4. The molecule has 1 heterocycles. The van der Waals surface area contributed by atoms with Gasteiger partial charge in [0, 0.05) is 11.8 Å². The molecule has 20 heavy (non-hydrogen) atoms. The maximum atomic E-state index is 12.4. The van der Waals surface area contributed by atoms with Crippen LogP contribution < -0.4 is 0 Å². The Morgan fingerprint density at radius 3 is 2.80 bits per heavy atom. The van der Waals surface area contributed by atoms with E-state index in [0.717, 1.165) is 32.1 Å². The van der Waals surface area contributed by atoms with Crippen LogP contribution >= 0.6 is 0 Å². The van der Waals surface area contributed by atoms with Crippen LogP contribution in [0.3, 0.4) is 0 Å². The molecule has 2 rings (SSSR count). The summed E-state index contributed by atoms with van der Waals surface area (Å²) in [6.07, 6.45) is 7.49. The predicted molar refractivity (Wildman–Crippen MR) is 78.8 cm³/mol. The molecule has 1 saturated heterocycles. The fourth-order valence-electron chi connectivity index (χ4n) is 3.68. The molecule has 1 aliphatic heterocycles. The highest BCUT2D eigenvalue weighted by Gasteiger charge is 2.62. The van der Waals surface area contributed by atoms with E-state index < -0.39 is 21.2 Å². The van der Waals surface area contributed by atoms with Gasteiger partial charge in [0.2, 0.25) is 0 Å². The van der Waals surface area contributed by atoms with Crippen molar-refractivity contribution in [1.29, 1.82) is 0 Å². The lowest BCUT2D eigenvalue weighted by Crippen LogP contribution is -2.46. The number of hydrogen-bond donors (Lipinski definition) is 0. The first-order valence-electron chi connectivity index (χ1n) is 7.61. The minimum absolute atomic E-state index is 0.201. The molecule has 116 valence electrons. The Kier molecular flexibility index (Phi) is 4.62. The minimum Gasteiger partial charge on any atom is -0.348 e. The summed E-state index contributed by atoms with van der Waals surface area (Å²) in [6.45, 7) is 8.08. The van der Waals surface area contributed by atoms with Crippen LogP contribution in [0.15, 0.2) is 12.7 Å². The van der Waals surface area contributed by atoms with E-state index in [9.17, 15) is 8.42 Å². The normalized spacial score (nSPS) is 34.9. The third kappa shape index (κ3) is 2.55. The van der Waals surface area contributed by atoms with Gasteiger partial charge < -0.3 is 4.74 Å². The van der Waals surface area contributed by atoms with E-state index in [1.165, 1.54) is 0 Å². The Morgan fingerprint density at radius 1 is 1.40 bits per heavy atom. The van der Waals surface area contributed by atoms with Crippen LogP contribution in [-0.2, 0) is 19.0 Å². The molecular formula is C15H26O4S. The predicted octanol–water partition coefficient (Wildman–Crippen LogP) is 3.38. The third-order valence-corrected chi connectivity index (χ3v) is 6.58. The van der Waals surface area contributed by atoms with Crippen LogP contribution in [0.2, 0.25) is 0 Å². The molecule has 1 saturated carbocycles. The van der Waals surface area contributed by atoms with Crippen molar-refractivity contribution in [3.8, 4) is 0 Å². The zero-order valence-corrected chi connectivity index (χ0v) is 13.4. The van der Waals surface area contributed by atoms with Gasteiger partial charge in [-0.1, -0.05) is 19.4 Å². The highest BCUT2D eigenvalue weighted by Crippen LogP contribution is 2.58. The van der Waals surface area contributed by atoms with Crippen molar-refractivity contribution in [1.82, 2.24) is 0 Å². The molecular weight excluding hydrogens is 276 g/mol. The molecule has 3 atom stereocenters. The molecule has 0 amide bonds. The van der Waals surface area contributed by atoms with Gasteiger partial charge in [0.15, 0.2) is 5.79 Å². The second kappa shape index (κ2) is 5.78. The zero-order chi connectivity index (χ0) is 14.9. The van der Waals surface area contributed by atoms with Crippen LogP contribution in [0, 0.1) is 5.41 Å². The first kappa shape index (κ1) is 16.0. The van der Waals surface area contributed by atoms with Crippen LogP contribution in [0.25, 0.3) is 0 Å². The van der Waals surface area contributed by atoms with Gasteiger partial charge in [-0.2, -0.15) is 8.42 Å².